The van der Waals surface area contributed by atoms with Gasteiger partial charge in [-0.05, 0) is 41.1 Å². The molecule has 3 heteroatoms. The molecule has 11 heavy (non-hydrogen) atoms. The van der Waals surface area contributed by atoms with E-state index in [4.69, 9.17) is 5.26 Å². The number of hydrogen-bond donors (Lipinski definition) is 0. The van der Waals surface area contributed by atoms with Gasteiger partial charge in [-0.2, -0.15) is 5.26 Å². The predicted octanol–water partition coefficient (Wildman–Crippen LogP) is 2.12. The second-order valence-electron chi connectivity index (χ2n) is 2.14. The minimum absolute atomic E-state index is 0.696. The first-order chi connectivity index (χ1) is 5.26. The number of rotatable bonds is 1. The van der Waals surface area contributed by atoms with Crippen molar-refractivity contribution in [3.05, 3.63) is 27.1 Å². The Kier molecular flexibility index (Phi) is 2.83. The van der Waals surface area contributed by atoms with E-state index in [9.17, 15) is 0 Å². The first-order valence-corrected chi connectivity index (χ1v) is 4.40. The van der Waals surface area contributed by atoms with Crippen LogP contribution < -0.4 is 0 Å². The molecule has 1 aromatic heterocycles. The highest BCUT2D eigenvalue weighted by molar-refractivity contribution is 14.1. The minimum Gasteiger partial charge on any atom is -0.247 e. The lowest BCUT2D eigenvalue weighted by Gasteiger charge is -1.96. The SMILES string of the molecule is CCc1cc(C#N)cc(I)n1. The Bertz CT molecular complexity index is 301. The number of hydrogen-bond acceptors (Lipinski definition) is 2. The third-order valence-electron chi connectivity index (χ3n) is 1.34. The fourth-order valence-corrected chi connectivity index (χ4v) is 1.44. The van der Waals surface area contributed by atoms with Gasteiger partial charge in [-0.3, -0.25) is 0 Å². The van der Waals surface area contributed by atoms with Crippen molar-refractivity contribution in [1.82, 2.24) is 4.98 Å². The van der Waals surface area contributed by atoms with Gasteiger partial charge in [0.2, 0.25) is 0 Å². The van der Waals surface area contributed by atoms with E-state index >= 15 is 0 Å². The molecule has 2 nitrogen and oxygen atoms in total. The number of pyridine rings is 1. The van der Waals surface area contributed by atoms with Gasteiger partial charge >= 0.3 is 0 Å². The molecule has 0 aliphatic carbocycles. The van der Waals surface area contributed by atoms with Crippen molar-refractivity contribution >= 4 is 22.6 Å². The number of nitriles is 1. The molecule has 0 atom stereocenters. The Morgan fingerprint density at radius 3 is 2.91 bits per heavy atom. The summed E-state index contributed by atoms with van der Waals surface area (Å²) in [4.78, 5) is 4.24. The lowest BCUT2D eigenvalue weighted by molar-refractivity contribution is 1.02. The zero-order valence-corrected chi connectivity index (χ0v) is 8.29. The van der Waals surface area contributed by atoms with Crippen LogP contribution in [0.15, 0.2) is 12.1 Å². The molecule has 0 unspecified atom stereocenters. The van der Waals surface area contributed by atoms with Crippen LogP contribution in [0.2, 0.25) is 0 Å². The number of aromatic nitrogens is 1. The summed E-state index contributed by atoms with van der Waals surface area (Å²) >= 11 is 2.12. The zero-order valence-electron chi connectivity index (χ0n) is 6.13. The average Bonchev–Trinajstić information content (AvgIpc) is 2.03. The standard InChI is InChI=1S/C8H7IN2/c1-2-7-3-6(5-10)4-8(9)11-7/h3-4H,2H2,1H3. The van der Waals surface area contributed by atoms with Gasteiger partial charge in [0.15, 0.2) is 0 Å². The molecule has 1 heterocycles. The van der Waals surface area contributed by atoms with Crippen LogP contribution in [0.4, 0.5) is 0 Å². The van der Waals surface area contributed by atoms with Crippen LogP contribution in [-0.4, -0.2) is 4.98 Å². The van der Waals surface area contributed by atoms with Crippen LogP contribution >= 0.6 is 22.6 Å². The van der Waals surface area contributed by atoms with Crippen molar-refractivity contribution in [2.45, 2.75) is 13.3 Å². The predicted molar refractivity (Wildman–Crippen MR) is 51.0 cm³/mol. The van der Waals surface area contributed by atoms with Crippen LogP contribution in [0.1, 0.15) is 18.2 Å². The summed E-state index contributed by atoms with van der Waals surface area (Å²) in [7, 11) is 0. The third-order valence-corrected chi connectivity index (χ3v) is 1.89. The molecular formula is C8H7IN2. The van der Waals surface area contributed by atoms with Crippen molar-refractivity contribution in [1.29, 1.82) is 5.26 Å². The van der Waals surface area contributed by atoms with Crippen LogP contribution in [0.5, 0.6) is 0 Å². The van der Waals surface area contributed by atoms with Gasteiger partial charge in [0, 0.05) is 5.69 Å². The second kappa shape index (κ2) is 3.67. The first-order valence-electron chi connectivity index (χ1n) is 3.33. The van der Waals surface area contributed by atoms with E-state index in [-0.39, 0.29) is 0 Å². The van der Waals surface area contributed by atoms with Crippen LogP contribution in [0, 0.1) is 15.0 Å². The van der Waals surface area contributed by atoms with E-state index in [0.29, 0.717) is 5.56 Å². The van der Waals surface area contributed by atoms with Gasteiger partial charge in [0.25, 0.3) is 0 Å². The summed E-state index contributed by atoms with van der Waals surface area (Å²) in [6.45, 7) is 2.03. The van der Waals surface area contributed by atoms with E-state index in [1.165, 1.54) is 0 Å². The second-order valence-corrected chi connectivity index (χ2v) is 3.24. The molecule has 0 saturated carbocycles. The van der Waals surface area contributed by atoms with Crippen LogP contribution in [0.25, 0.3) is 0 Å². The molecule has 1 aromatic rings. The van der Waals surface area contributed by atoms with Gasteiger partial charge in [-0.25, -0.2) is 4.98 Å². The normalized spacial score (nSPS) is 9.18. The summed E-state index contributed by atoms with van der Waals surface area (Å²) in [6.07, 6.45) is 0.880. The maximum atomic E-state index is 8.60. The average molecular weight is 258 g/mol. The van der Waals surface area contributed by atoms with E-state index in [2.05, 4.69) is 33.6 Å². The summed E-state index contributed by atoms with van der Waals surface area (Å²) in [5.74, 6) is 0. The largest absolute Gasteiger partial charge is 0.247 e. The maximum Gasteiger partial charge on any atom is 0.102 e. The lowest BCUT2D eigenvalue weighted by Crippen LogP contribution is -1.91. The van der Waals surface area contributed by atoms with Crippen LogP contribution in [0.3, 0.4) is 0 Å². The molecule has 0 saturated heterocycles. The summed E-state index contributed by atoms with van der Waals surface area (Å²) < 4.78 is 0.888. The Morgan fingerprint density at radius 1 is 1.64 bits per heavy atom. The van der Waals surface area contributed by atoms with Gasteiger partial charge in [0.05, 0.1) is 11.6 Å². The summed E-state index contributed by atoms with van der Waals surface area (Å²) in [5.41, 5.74) is 1.68. The van der Waals surface area contributed by atoms with Crippen molar-refractivity contribution in [3.63, 3.8) is 0 Å². The molecule has 0 aromatic carbocycles. The van der Waals surface area contributed by atoms with Crippen molar-refractivity contribution in [2.75, 3.05) is 0 Å². The highest BCUT2D eigenvalue weighted by Gasteiger charge is 1.97. The quantitative estimate of drug-likeness (QED) is 0.571. The number of halogens is 1. The molecule has 0 aliphatic rings. The molecule has 0 amide bonds. The van der Waals surface area contributed by atoms with Gasteiger partial charge in [0.1, 0.15) is 3.70 Å². The molecule has 1 rings (SSSR count). The Balaban J connectivity index is 3.15. The van der Waals surface area contributed by atoms with Gasteiger partial charge in [-0.15, -0.1) is 0 Å². The van der Waals surface area contributed by atoms with Gasteiger partial charge < -0.3 is 0 Å². The smallest absolute Gasteiger partial charge is 0.102 e. The molecular weight excluding hydrogens is 251 g/mol. The van der Waals surface area contributed by atoms with E-state index in [1.807, 2.05) is 13.0 Å². The highest BCUT2D eigenvalue weighted by atomic mass is 127. The number of nitrogens with zero attached hydrogens (tertiary/aromatic N) is 2. The topological polar surface area (TPSA) is 36.7 Å². The molecule has 56 valence electrons. The molecule has 0 N–H and O–H groups in total. The first kappa shape index (κ1) is 8.47. The summed E-state index contributed by atoms with van der Waals surface area (Å²) in [5, 5.41) is 8.60. The Morgan fingerprint density at radius 2 is 2.36 bits per heavy atom. The van der Waals surface area contributed by atoms with Gasteiger partial charge in [-0.1, -0.05) is 6.92 Å². The Labute approximate surface area is 79.4 Å². The fourth-order valence-electron chi connectivity index (χ4n) is 0.797. The number of aryl methyl sites for hydroxylation is 1. The van der Waals surface area contributed by atoms with E-state index < -0.39 is 0 Å². The monoisotopic (exact) mass is 258 g/mol. The molecule has 0 aliphatic heterocycles. The third kappa shape index (κ3) is 2.15. The zero-order chi connectivity index (χ0) is 8.27. The molecule has 0 fully saturated rings. The van der Waals surface area contributed by atoms with E-state index in [1.54, 1.807) is 6.07 Å². The lowest BCUT2D eigenvalue weighted by atomic mass is 10.2. The summed E-state index contributed by atoms with van der Waals surface area (Å²) in [6, 6.07) is 5.70. The van der Waals surface area contributed by atoms with Crippen LogP contribution in [-0.2, 0) is 6.42 Å². The van der Waals surface area contributed by atoms with Crippen molar-refractivity contribution in [2.24, 2.45) is 0 Å². The van der Waals surface area contributed by atoms with Crippen molar-refractivity contribution in [3.8, 4) is 6.07 Å². The fraction of sp³-hybridized carbons (Fsp3) is 0.250. The van der Waals surface area contributed by atoms with Crippen molar-refractivity contribution < 1.29 is 0 Å². The molecule has 0 bridgehead atoms. The minimum atomic E-state index is 0.696. The maximum absolute atomic E-state index is 8.60. The highest BCUT2D eigenvalue weighted by Crippen LogP contribution is 2.07. The molecule has 0 spiro atoms. The van der Waals surface area contributed by atoms with E-state index in [0.717, 1.165) is 15.8 Å². The Hall–Kier alpha value is -0.630. The molecule has 0 radical (unpaired) electrons.